The number of aromatic hydroxyl groups is 1. The topological polar surface area (TPSA) is 188 Å². The van der Waals surface area contributed by atoms with Crippen LogP contribution in [0.2, 0.25) is 0 Å². The Labute approximate surface area is 358 Å². The van der Waals surface area contributed by atoms with E-state index in [4.69, 9.17) is 14.0 Å². The number of rotatable bonds is 13. The van der Waals surface area contributed by atoms with Crippen molar-refractivity contribution in [1.82, 2.24) is 35.5 Å². The first-order valence-corrected chi connectivity index (χ1v) is 21.6. The van der Waals surface area contributed by atoms with Gasteiger partial charge in [0.1, 0.15) is 30.4 Å². The van der Waals surface area contributed by atoms with Crippen molar-refractivity contribution < 1.29 is 33.5 Å². The van der Waals surface area contributed by atoms with Gasteiger partial charge in [0.05, 0.1) is 46.1 Å². The van der Waals surface area contributed by atoms with E-state index in [1.54, 1.807) is 29.5 Å². The van der Waals surface area contributed by atoms with Crippen LogP contribution in [0.5, 0.6) is 11.6 Å². The molecule has 2 saturated heterocycles. The third-order valence-electron chi connectivity index (χ3n) is 11.7. The molecule has 2 amide bonds. The highest BCUT2D eigenvalue weighted by molar-refractivity contribution is 7.13. The molecule has 2 fully saturated rings. The quantitative estimate of drug-likeness (QED) is 0.128. The number of likely N-dealkylation sites (tertiary alicyclic amines) is 1. The molecular formula is C44H51N9O7S. The normalized spacial score (nSPS) is 19.7. The van der Waals surface area contributed by atoms with E-state index in [1.165, 1.54) is 11.8 Å². The first kappa shape index (κ1) is 41.7. The van der Waals surface area contributed by atoms with Crippen molar-refractivity contribution in [3.05, 3.63) is 83.2 Å². The van der Waals surface area contributed by atoms with E-state index in [2.05, 4.69) is 40.8 Å². The highest BCUT2D eigenvalue weighted by Gasteiger charge is 2.45. The predicted octanol–water partition coefficient (Wildman–Crippen LogP) is 5.41. The number of carbonyl (C=O) groups is 3. The van der Waals surface area contributed by atoms with Crippen LogP contribution >= 0.6 is 11.3 Å². The first-order valence-electron chi connectivity index (χ1n) is 20.7. The van der Waals surface area contributed by atoms with Crippen LogP contribution in [-0.4, -0.2) is 117 Å². The molecule has 3 aromatic heterocycles. The number of fused-ring (bicyclic) bond motifs is 3. The van der Waals surface area contributed by atoms with Crippen LogP contribution in [-0.2, 0) is 19.1 Å². The zero-order valence-electron chi connectivity index (χ0n) is 34.9. The number of amides is 2. The zero-order chi connectivity index (χ0) is 42.8. The van der Waals surface area contributed by atoms with Crippen molar-refractivity contribution in [3.63, 3.8) is 0 Å². The summed E-state index contributed by atoms with van der Waals surface area (Å²) in [5, 5.41) is 29.8. The fourth-order valence-corrected chi connectivity index (χ4v) is 9.37. The monoisotopic (exact) mass is 849 g/mol. The molecule has 0 unspecified atom stereocenters. The Balaban J connectivity index is 0.881. The van der Waals surface area contributed by atoms with Crippen LogP contribution in [0.3, 0.4) is 0 Å². The number of ether oxygens (including phenoxy) is 2. The lowest BCUT2D eigenvalue weighted by atomic mass is 9.91. The Morgan fingerprint density at radius 1 is 1.05 bits per heavy atom. The molecule has 5 aromatic rings. The van der Waals surface area contributed by atoms with E-state index >= 15 is 0 Å². The largest absolute Gasteiger partial charge is 0.507 e. The van der Waals surface area contributed by atoms with Gasteiger partial charge in [0.15, 0.2) is 11.6 Å². The molecule has 0 bridgehead atoms. The number of piperazine rings is 1. The fraction of sp³-hybridized carbons (Fsp3) is 0.432. The third-order valence-corrected chi connectivity index (χ3v) is 12.7. The van der Waals surface area contributed by atoms with Gasteiger partial charge in [-0.05, 0) is 54.2 Å². The number of nitrogens with one attached hydrogen (secondary N) is 2. The van der Waals surface area contributed by atoms with E-state index < -0.39 is 24.0 Å². The van der Waals surface area contributed by atoms with Crippen LogP contribution in [0, 0.1) is 12.8 Å². The van der Waals surface area contributed by atoms with Crippen molar-refractivity contribution in [3.8, 4) is 33.3 Å². The number of anilines is 2. The van der Waals surface area contributed by atoms with Crippen LogP contribution < -0.4 is 20.3 Å². The number of benzene rings is 2. The Morgan fingerprint density at radius 3 is 2.59 bits per heavy atom. The summed E-state index contributed by atoms with van der Waals surface area (Å²) in [6, 6.07) is 17.7. The summed E-state index contributed by atoms with van der Waals surface area (Å²) in [5.41, 5.74) is 6.98. The van der Waals surface area contributed by atoms with E-state index in [1.807, 2.05) is 75.7 Å². The molecule has 61 heavy (non-hydrogen) atoms. The second-order valence-electron chi connectivity index (χ2n) is 16.2. The van der Waals surface area contributed by atoms with Gasteiger partial charge in [-0.2, -0.15) is 0 Å². The summed E-state index contributed by atoms with van der Waals surface area (Å²) in [5.74, 6) is -0.597. The molecule has 320 valence electrons. The van der Waals surface area contributed by atoms with Gasteiger partial charge in [-0.3, -0.25) is 19.3 Å². The van der Waals surface area contributed by atoms with Crippen molar-refractivity contribution in [2.45, 2.75) is 71.2 Å². The van der Waals surface area contributed by atoms with Crippen molar-refractivity contribution in [1.29, 1.82) is 0 Å². The molecule has 0 spiro atoms. The maximum absolute atomic E-state index is 14.4. The van der Waals surface area contributed by atoms with Gasteiger partial charge in [0.25, 0.3) is 5.88 Å². The molecule has 5 atom stereocenters. The Kier molecular flexibility index (Phi) is 12.2. The number of hydrogen-bond acceptors (Lipinski definition) is 15. The van der Waals surface area contributed by atoms with Gasteiger partial charge in [-0.15, -0.1) is 21.5 Å². The lowest BCUT2D eigenvalue weighted by Gasteiger charge is -2.45. The molecule has 0 saturated carbocycles. The van der Waals surface area contributed by atoms with Crippen LogP contribution in [0.1, 0.15) is 63.1 Å². The highest BCUT2D eigenvalue weighted by Crippen LogP contribution is 2.37. The molecule has 3 N–H and O–H groups in total. The van der Waals surface area contributed by atoms with Crippen LogP contribution in [0.25, 0.3) is 21.7 Å². The SMILES string of the molecule is CC(=O)O[C@@H]1C[C@@H](C(=O)N[C@@H](C)c2ccc(-c3scnc3C)cc2)N(C(=O)[C@@H](c2cc(OCCN3CCN4c5cc(-c6ccccc6O)nnc5NC[C@H]4C3)no2)C(C)C)C1. The predicted molar refractivity (Wildman–Crippen MR) is 229 cm³/mol. The summed E-state index contributed by atoms with van der Waals surface area (Å²) < 4.78 is 17.4. The van der Waals surface area contributed by atoms with Crippen molar-refractivity contribution in [2.24, 2.45) is 5.92 Å². The maximum Gasteiger partial charge on any atom is 0.302 e. The van der Waals surface area contributed by atoms with E-state index in [9.17, 15) is 19.5 Å². The molecule has 3 aliphatic heterocycles. The van der Waals surface area contributed by atoms with Crippen molar-refractivity contribution in [2.75, 3.05) is 56.1 Å². The lowest BCUT2D eigenvalue weighted by molar-refractivity contribution is -0.147. The number of aryl methyl sites for hydroxylation is 1. The first-order chi connectivity index (χ1) is 29.4. The molecule has 2 aromatic carbocycles. The summed E-state index contributed by atoms with van der Waals surface area (Å²) in [6.07, 6.45) is -0.458. The van der Waals surface area contributed by atoms with Crippen molar-refractivity contribution >= 4 is 40.6 Å². The zero-order valence-corrected chi connectivity index (χ0v) is 35.7. The smallest absolute Gasteiger partial charge is 0.302 e. The van der Waals surface area contributed by atoms with Crippen LogP contribution in [0.4, 0.5) is 11.5 Å². The molecule has 8 rings (SSSR count). The number of nitrogens with zero attached hydrogens (tertiary/aromatic N) is 7. The molecule has 6 heterocycles. The highest BCUT2D eigenvalue weighted by atomic mass is 32.1. The molecule has 3 aliphatic rings. The number of esters is 1. The van der Waals surface area contributed by atoms with Crippen LogP contribution in [0.15, 0.2) is 70.7 Å². The minimum Gasteiger partial charge on any atom is -0.507 e. The molecule has 16 nitrogen and oxygen atoms in total. The summed E-state index contributed by atoms with van der Waals surface area (Å²) >= 11 is 1.58. The molecule has 17 heteroatoms. The summed E-state index contributed by atoms with van der Waals surface area (Å²) in [7, 11) is 0. The average Bonchev–Trinajstić information content (AvgIpc) is 4.01. The van der Waals surface area contributed by atoms with Gasteiger partial charge in [-0.25, -0.2) is 4.98 Å². The van der Waals surface area contributed by atoms with E-state index in [0.29, 0.717) is 36.7 Å². The summed E-state index contributed by atoms with van der Waals surface area (Å²) in [4.78, 5) is 52.0. The molecular weight excluding hydrogens is 799 g/mol. The fourth-order valence-electron chi connectivity index (χ4n) is 8.56. The maximum atomic E-state index is 14.4. The molecule has 0 radical (unpaired) electrons. The Hall–Kier alpha value is -6.07. The number of para-hydroxylation sites is 1. The van der Waals surface area contributed by atoms with Gasteiger partial charge < -0.3 is 39.5 Å². The van der Waals surface area contributed by atoms with Gasteiger partial charge in [0.2, 0.25) is 11.8 Å². The lowest BCUT2D eigenvalue weighted by Crippen LogP contribution is -2.58. The number of aromatic nitrogens is 4. The number of hydrogen-bond donors (Lipinski definition) is 3. The number of phenolic OH excluding ortho intramolecular Hbond substituents is 1. The standard InChI is InChI=1S/C44H51N9O7S/c1-25(2)40(44(57)53-23-32(59-28(5)54)18-36(53)43(56)47-26(3)29-10-12-30(13-11-29)41-27(4)46-24-61-41)38-20-39(50-60-38)58-17-16-51-14-15-52-31(22-51)21-45-42-35(52)19-34(48-49-42)33-8-6-7-9-37(33)55/h6-13,19-20,24-26,31-32,36,40,55H,14-18,21-23H2,1-5H3,(H,45,49)(H,47,56)/t26-,31-,32+,36-,40+/m0/s1. The van der Waals surface area contributed by atoms with E-state index in [0.717, 1.165) is 52.8 Å². The number of carbonyl (C=O) groups excluding carboxylic acids is 3. The van der Waals surface area contributed by atoms with Gasteiger partial charge >= 0.3 is 5.97 Å². The number of thiazole rings is 1. The molecule has 0 aliphatic carbocycles. The second kappa shape index (κ2) is 17.9. The Morgan fingerprint density at radius 2 is 1.85 bits per heavy atom. The number of phenols is 1. The minimum absolute atomic E-state index is 0.0784. The minimum atomic E-state index is -0.862. The van der Waals surface area contributed by atoms with Gasteiger partial charge in [0, 0.05) is 57.7 Å². The third kappa shape index (κ3) is 9.03. The average molecular weight is 850 g/mol. The van der Waals surface area contributed by atoms with Gasteiger partial charge in [-0.1, -0.05) is 50.2 Å². The Bertz CT molecular complexity index is 2370. The second-order valence-corrected chi connectivity index (χ2v) is 17.1. The van der Waals surface area contributed by atoms with E-state index in [-0.39, 0.29) is 54.4 Å². The summed E-state index contributed by atoms with van der Waals surface area (Å²) in [6.45, 7) is 13.2.